The number of fused-ring (bicyclic) bond motifs is 1. The highest BCUT2D eigenvalue weighted by molar-refractivity contribution is 5.85. The molecular formula is C22H24N2O3. The highest BCUT2D eigenvalue weighted by Crippen LogP contribution is 2.35. The molecule has 0 amide bonds. The number of carboxylic acids is 1. The Labute approximate surface area is 158 Å². The van der Waals surface area contributed by atoms with E-state index >= 15 is 0 Å². The molecule has 140 valence electrons. The second-order valence-electron chi connectivity index (χ2n) is 7.32. The quantitative estimate of drug-likeness (QED) is 0.695. The van der Waals surface area contributed by atoms with Crippen molar-refractivity contribution in [2.45, 2.75) is 44.6 Å². The van der Waals surface area contributed by atoms with E-state index in [1.807, 2.05) is 30.1 Å². The van der Waals surface area contributed by atoms with Crippen LogP contribution in [0.3, 0.4) is 0 Å². The molecule has 2 aromatic carbocycles. The number of carboxylic acid groups (broad SMARTS) is 1. The smallest absolute Gasteiger partial charge is 0.303 e. The second kappa shape index (κ2) is 7.43. The summed E-state index contributed by atoms with van der Waals surface area (Å²) in [5.74, 6) is 0.0917. The molecule has 1 heterocycles. The van der Waals surface area contributed by atoms with Crippen LogP contribution in [0.1, 0.15) is 37.7 Å². The Balaban J connectivity index is 1.72. The summed E-state index contributed by atoms with van der Waals surface area (Å²) in [5, 5.41) is 14.6. The van der Waals surface area contributed by atoms with E-state index in [1.54, 1.807) is 0 Å². The molecule has 0 saturated heterocycles. The molecule has 5 heteroatoms. The minimum Gasteiger partial charge on any atom is -0.490 e. The summed E-state index contributed by atoms with van der Waals surface area (Å²) in [6.45, 7) is 0. The molecule has 0 bridgehead atoms. The molecule has 1 aliphatic carbocycles. The molecule has 5 nitrogen and oxygen atoms in total. The van der Waals surface area contributed by atoms with Crippen LogP contribution in [0.25, 0.3) is 22.0 Å². The molecule has 3 aromatic rings. The third kappa shape index (κ3) is 3.97. The van der Waals surface area contributed by atoms with Crippen LogP contribution in [0, 0.1) is 0 Å². The molecule has 1 aromatic heterocycles. The summed E-state index contributed by atoms with van der Waals surface area (Å²) in [7, 11) is 1.92. The van der Waals surface area contributed by atoms with Gasteiger partial charge in [0.2, 0.25) is 0 Å². The van der Waals surface area contributed by atoms with Gasteiger partial charge in [-0.15, -0.1) is 0 Å². The van der Waals surface area contributed by atoms with Crippen molar-refractivity contribution >= 4 is 16.9 Å². The summed E-state index contributed by atoms with van der Waals surface area (Å²) in [6, 6.07) is 12.3. The zero-order chi connectivity index (χ0) is 18.8. The van der Waals surface area contributed by atoms with Crippen molar-refractivity contribution in [2.24, 2.45) is 7.05 Å². The molecule has 0 atom stereocenters. The van der Waals surface area contributed by atoms with Crippen molar-refractivity contribution < 1.29 is 14.6 Å². The number of aliphatic carboxylic acids is 1. The van der Waals surface area contributed by atoms with Crippen molar-refractivity contribution in [3.8, 4) is 16.9 Å². The van der Waals surface area contributed by atoms with Gasteiger partial charge in [0.25, 0.3) is 0 Å². The Morgan fingerprint density at radius 1 is 1.22 bits per heavy atom. The van der Waals surface area contributed by atoms with E-state index in [-0.39, 0.29) is 12.5 Å². The van der Waals surface area contributed by atoms with Crippen LogP contribution in [-0.2, 0) is 18.3 Å². The van der Waals surface area contributed by atoms with Crippen LogP contribution in [0.5, 0.6) is 5.75 Å². The van der Waals surface area contributed by atoms with Gasteiger partial charge in [-0.25, -0.2) is 0 Å². The summed E-state index contributed by atoms with van der Waals surface area (Å²) in [6.07, 6.45) is 7.54. The number of hydrogen-bond donors (Lipinski definition) is 1. The van der Waals surface area contributed by atoms with Crippen molar-refractivity contribution in [1.82, 2.24) is 9.78 Å². The Bertz CT molecular complexity index is 971. The first kappa shape index (κ1) is 17.6. The molecule has 1 fully saturated rings. The lowest BCUT2D eigenvalue weighted by Gasteiger charge is -2.18. The maximum absolute atomic E-state index is 10.9. The minimum absolute atomic E-state index is 0.127. The van der Waals surface area contributed by atoms with Gasteiger partial charge >= 0.3 is 5.97 Å². The van der Waals surface area contributed by atoms with Crippen LogP contribution < -0.4 is 4.74 Å². The van der Waals surface area contributed by atoms with Crippen molar-refractivity contribution in [3.05, 3.63) is 48.2 Å². The number of carbonyl (C=O) groups is 1. The lowest BCUT2D eigenvalue weighted by Crippen LogP contribution is -2.11. The Morgan fingerprint density at radius 2 is 2.04 bits per heavy atom. The summed E-state index contributed by atoms with van der Waals surface area (Å²) >= 11 is 0. The van der Waals surface area contributed by atoms with Gasteiger partial charge in [-0.05, 0) is 61.4 Å². The Morgan fingerprint density at radius 3 is 2.81 bits per heavy atom. The number of hydrogen-bond acceptors (Lipinski definition) is 3. The topological polar surface area (TPSA) is 64.4 Å². The van der Waals surface area contributed by atoms with Gasteiger partial charge in [0.15, 0.2) is 0 Å². The SMILES string of the molecule is Cn1cc2ccc(-c3cc(CCC(=O)O)ccc3OC3CCCC3)cc2n1. The van der Waals surface area contributed by atoms with E-state index in [2.05, 4.69) is 29.4 Å². The van der Waals surface area contributed by atoms with Gasteiger partial charge in [-0.1, -0.05) is 18.2 Å². The predicted molar refractivity (Wildman–Crippen MR) is 105 cm³/mol. The van der Waals surface area contributed by atoms with E-state index in [9.17, 15) is 4.79 Å². The average molecular weight is 364 g/mol. The molecule has 1 aliphatic rings. The fraction of sp³-hybridized carbons (Fsp3) is 0.364. The van der Waals surface area contributed by atoms with Crippen LogP contribution in [-0.4, -0.2) is 27.0 Å². The largest absolute Gasteiger partial charge is 0.490 e. The molecule has 1 N–H and O–H groups in total. The van der Waals surface area contributed by atoms with E-state index in [4.69, 9.17) is 9.84 Å². The maximum atomic E-state index is 10.9. The number of ether oxygens (including phenoxy) is 1. The third-order valence-electron chi connectivity index (χ3n) is 5.20. The summed E-state index contributed by atoms with van der Waals surface area (Å²) < 4.78 is 8.13. The lowest BCUT2D eigenvalue weighted by atomic mass is 9.99. The zero-order valence-electron chi connectivity index (χ0n) is 15.5. The number of rotatable bonds is 6. The molecule has 27 heavy (non-hydrogen) atoms. The van der Waals surface area contributed by atoms with Gasteiger partial charge in [0, 0.05) is 30.6 Å². The van der Waals surface area contributed by atoms with Crippen molar-refractivity contribution in [2.75, 3.05) is 0 Å². The first-order valence-corrected chi connectivity index (χ1v) is 9.53. The minimum atomic E-state index is -0.780. The van der Waals surface area contributed by atoms with Crippen LogP contribution >= 0.6 is 0 Å². The third-order valence-corrected chi connectivity index (χ3v) is 5.20. The van der Waals surface area contributed by atoms with Crippen molar-refractivity contribution in [3.63, 3.8) is 0 Å². The van der Waals surface area contributed by atoms with Gasteiger partial charge < -0.3 is 9.84 Å². The first-order chi connectivity index (χ1) is 13.1. The first-order valence-electron chi connectivity index (χ1n) is 9.53. The fourth-order valence-electron chi connectivity index (χ4n) is 3.81. The fourth-order valence-corrected chi connectivity index (χ4v) is 3.81. The number of nitrogens with zero attached hydrogens (tertiary/aromatic N) is 2. The molecule has 0 unspecified atom stereocenters. The van der Waals surface area contributed by atoms with E-state index in [1.165, 1.54) is 12.8 Å². The van der Waals surface area contributed by atoms with Crippen LogP contribution in [0.2, 0.25) is 0 Å². The normalized spacial score (nSPS) is 14.7. The molecule has 1 saturated carbocycles. The molecule has 0 spiro atoms. The van der Waals surface area contributed by atoms with Gasteiger partial charge in [0.1, 0.15) is 5.75 Å². The Hall–Kier alpha value is -2.82. The van der Waals surface area contributed by atoms with Gasteiger partial charge in [-0.3, -0.25) is 9.48 Å². The second-order valence-corrected chi connectivity index (χ2v) is 7.32. The monoisotopic (exact) mass is 364 g/mol. The molecule has 4 rings (SSSR count). The highest BCUT2D eigenvalue weighted by Gasteiger charge is 2.19. The van der Waals surface area contributed by atoms with E-state index in [0.717, 1.165) is 46.2 Å². The standard InChI is InChI=1S/C22H24N2O3/c1-24-14-17-9-8-16(13-20(17)23-24)19-12-15(7-11-22(25)26)6-10-21(19)27-18-4-2-3-5-18/h6,8-10,12-14,18H,2-5,7,11H2,1H3,(H,25,26). The van der Waals surface area contributed by atoms with Crippen molar-refractivity contribution in [1.29, 1.82) is 0 Å². The predicted octanol–water partition coefficient (Wildman–Crippen LogP) is 4.58. The highest BCUT2D eigenvalue weighted by atomic mass is 16.5. The van der Waals surface area contributed by atoms with E-state index in [0.29, 0.717) is 6.42 Å². The summed E-state index contributed by atoms with van der Waals surface area (Å²) in [5.41, 5.74) is 4.01. The van der Waals surface area contributed by atoms with Crippen LogP contribution in [0.15, 0.2) is 42.6 Å². The van der Waals surface area contributed by atoms with Gasteiger partial charge in [0.05, 0.1) is 11.6 Å². The molecule has 0 radical (unpaired) electrons. The number of aryl methyl sites for hydroxylation is 2. The summed E-state index contributed by atoms with van der Waals surface area (Å²) in [4.78, 5) is 10.9. The average Bonchev–Trinajstić information content (AvgIpc) is 3.28. The maximum Gasteiger partial charge on any atom is 0.303 e. The molecule has 0 aliphatic heterocycles. The number of aromatic nitrogens is 2. The Kier molecular flexibility index (Phi) is 4.84. The van der Waals surface area contributed by atoms with E-state index < -0.39 is 5.97 Å². The molecular weight excluding hydrogens is 340 g/mol. The number of benzene rings is 2. The van der Waals surface area contributed by atoms with Crippen LogP contribution in [0.4, 0.5) is 0 Å². The zero-order valence-corrected chi connectivity index (χ0v) is 15.5. The lowest BCUT2D eigenvalue weighted by molar-refractivity contribution is -0.136. The van der Waals surface area contributed by atoms with Gasteiger partial charge in [-0.2, -0.15) is 5.10 Å².